The van der Waals surface area contributed by atoms with Crippen molar-refractivity contribution in [1.82, 2.24) is 4.90 Å². The van der Waals surface area contributed by atoms with Crippen molar-refractivity contribution < 1.29 is 24.2 Å². The number of fused-ring (bicyclic) bond motifs is 1. The first-order valence-corrected chi connectivity index (χ1v) is 10.6. The number of aliphatic hydroxyl groups excluding tert-OH is 1. The quantitative estimate of drug-likeness (QED) is 0.316. The van der Waals surface area contributed by atoms with E-state index in [2.05, 4.69) is 0 Å². The summed E-state index contributed by atoms with van der Waals surface area (Å²) in [6.07, 6.45) is 1.36. The lowest BCUT2D eigenvalue weighted by Crippen LogP contribution is -2.31. The number of Topliss-reactive ketones (excluding diaryl/α,β-unsaturated/α-hetero) is 1. The highest BCUT2D eigenvalue weighted by atomic mass is 35.5. The van der Waals surface area contributed by atoms with Gasteiger partial charge >= 0.3 is 0 Å². The summed E-state index contributed by atoms with van der Waals surface area (Å²) in [6, 6.07) is 11.6. The number of halogens is 1. The number of carbonyl (C=O) groups is 2. The highest BCUT2D eigenvalue weighted by Gasteiger charge is 2.45. The van der Waals surface area contributed by atoms with Gasteiger partial charge in [-0.2, -0.15) is 0 Å². The summed E-state index contributed by atoms with van der Waals surface area (Å²) >= 11 is 6.04. The average molecular weight is 442 g/mol. The fraction of sp³-hybridized carbons (Fsp3) is 0.333. The second-order valence-electron chi connectivity index (χ2n) is 7.85. The lowest BCUT2D eigenvalue weighted by atomic mass is 9.94. The number of nitrogens with zero attached hydrogens (tertiary/aromatic N) is 1. The van der Waals surface area contributed by atoms with Crippen LogP contribution in [0.2, 0.25) is 5.02 Å². The topological polar surface area (TPSA) is 76.1 Å². The Kier molecular flexibility index (Phi) is 6.03. The van der Waals surface area contributed by atoms with Crippen molar-refractivity contribution in [2.45, 2.75) is 31.9 Å². The van der Waals surface area contributed by atoms with Crippen LogP contribution >= 0.6 is 11.6 Å². The maximum atomic E-state index is 13.0. The SMILES string of the molecule is COCCCN1C(=O)C(=O)/C(=C(\O)c2ccc3c(c2)CC(C)O3)C1c1ccc(Cl)cc1. The smallest absolute Gasteiger partial charge is 0.295 e. The van der Waals surface area contributed by atoms with E-state index < -0.39 is 17.7 Å². The summed E-state index contributed by atoms with van der Waals surface area (Å²) in [7, 11) is 1.59. The van der Waals surface area contributed by atoms with Crippen LogP contribution in [0.25, 0.3) is 5.76 Å². The second-order valence-corrected chi connectivity index (χ2v) is 8.28. The number of aliphatic hydroxyl groups is 1. The normalized spacial score (nSPS) is 22.0. The largest absolute Gasteiger partial charge is 0.507 e. The summed E-state index contributed by atoms with van der Waals surface area (Å²) in [5.74, 6) is -0.732. The van der Waals surface area contributed by atoms with Crippen LogP contribution < -0.4 is 4.74 Å². The van der Waals surface area contributed by atoms with E-state index in [9.17, 15) is 14.7 Å². The third-order valence-corrected chi connectivity index (χ3v) is 5.89. The van der Waals surface area contributed by atoms with Crippen molar-refractivity contribution in [3.8, 4) is 5.75 Å². The molecule has 1 amide bonds. The molecular weight excluding hydrogens is 418 g/mol. The van der Waals surface area contributed by atoms with Crippen molar-refractivity contribution in [3.05, 3.63) is 69.8 Å². The molecule has 6 nitrogen and oxygen atoms in total. The molecule has 0 spiro atoms. The Morgan fingerprint density at radius 2 is 1.97 bits per heavy atom. The maximum absolute atomic E-state index is 13.0. The standard InChI is InChI=1S/C24H24ClNO5/c1-14-12-17-13-16(6-9-19(17)31-14)22(27)20-21(15-4-7-18(25)8-5-15)26(10-3-11-30-2)24(29)23(20)28/h4-9,13-14,21,27H,3,10-12H2,1-2H3/b22-20-. The number of ether oxygens (including phenoxy) is 2. The fourth-order valence-corrected chi connectivity index (χ4v) is 4.33. The molecule has 2 heterocycles. The number of methoxy groups -OCH3 is 1. The van der Waals surface area contributed by atoms with Crippen LogP contribution in [0.4, 0.5) is 0 Å². The Morgan fingerprint density at radius 3 is 2.68 bits per heavy atom. The monoisotopic (exact) mass is 441 g/mol. The molecule has 0 aromatic heterocycles. The zero-order valence-electron chi connectivity index (χ0n) is 17.4. The van der Waals surface area contributed by atoms with Crippen LogP contribution in [0.1, 0.15) is 36.1 Å². The minimum atomic E-state index is -0.697. The number of amides is 1. The average Bonchev–Trinajstić information content (AvgIpc) is 3.25. The number of likely N-dealkylation sites (tertiary alicyclic amines) is 1. The molecule has 2 aliphatic heterocycles. The molecule has 1 saturated heterocycles. The lowest BCUT2D eigenvalue weighted by Gasteiger charge is -2.25. The van der Waals surface area contributed by atoms with Gasteiger partial charge in [-0.15, -0.1) is 0 Å². The van der Waals surface area contributed by atoms with Crippen molar-refractivity contribution in [3.63, 3.8) is 0 Å². The predicted molar refractivity (Wildman–Crippen MR) is 117 cm³/mol. The van der Waals surface area contributed by atoms with Gasteiger partial charge < -0.3 is 19.5 Å². The number of rotatable bonds is 6. The van der Waals surface area contributed by atoms with Crippen LogP contribution in [-0.2, 0) is 20.7 Å². The Hall–Kier alpha value is -2.83. The van der Waals surface area contributed by atoms with Gasteiger partial charge in [0, 0.05) is 37.3 Å². The maximum Gasteiger partial charge on any atom is 0.295 e. The zero-order chi connectivity index (χ0) is 22.1. The Balaban J connectivity index is 1.79. The third-order valence-electron chi connectivity index (χ3n) is 5.64. The summed E-state index contributed by atoms with van der Waals surface area (Å²) in [5.41, 5.74) is 2.25. The van der Waals surface area contributed by atoms with E-state index in [-0.39, 0.29) is 17.4 Å². The molecule has 1 N–H and O–H groups in total. The number of ketones is 1. The molecule has 31 heavy (non-hydrogen) atoms. The third kappa shape index (κ3) is 4.05. The van der Waals surface area contributed by atoms with Gasteiger partial charge in [-0.05, 0) is 54.8 Å². The van der Waals surface area contributed by atoms with E-state index in [0.717, 1.165) is 17.7 Å². The first-order valence-electron chi connectivity index (χ1n) is 10.2. The molecule has 2 aliphatic rings. The zero-order valence-corrected chi connectivity index (χ0v) is 18.2. The van der Waals surface area contributed by atoms with E-state index >= 15 is 0 Å². The van der Waals surface area contributed by atoms with Crippen LogP contribution in [0.15, 0.2) is 48.0 Å². The fourth-order valence-electron chi connectivity index (χ4n) is 4.21. The lowest BCUT2D eigenvalue weighted by molar-refractivity contribution is -0.140. The minimum Gasteiger partial charge on any atom is -0.507 e. The first-order chi connectivity index (χ1) is 14.9. The highest BCUT2D eigenvalue weighted by molar-refractivity contribution is 6.46. The van der Waals surface area contributed by atoms with E-state index in [1.165, 1.54) is 4.90 Å². The van der Waals surface area contributed by atoms with E-state index in [1.807, 2.05) is 13.0 Å². The second kappa shape index (κ2) is 8.73. The molecule has 162 valence electrons. The van der Waals surface area contributed by atoms with Gasteiger partial charge in [0.1, 0.15) is 17.6 Å². The Bertz CT molecular complexity index is 1050. The molecule has 0 bridgehead atoms. The van der Waals surface area contributed by atoms with Crippen LogP contribution in [-0.4, -0.2) is 48.1 Å². The summed E-state index contributed by atoms with van der Waals surface area (Å²) in [4.78, 5) is 27.4. The molecule has 2 aromatic carbocycles. The van der Waals surface area contributed by atoms with Crippen LogP contribution in [0.3, 0.4) is 0 Å². The molecule has 1 fully saturated rings. The van der Waals surface area contributed by atoms with Crippen molar-refractivity contribution in [2.24, 2.45) is 0 Å². The molecule has 0 saturated carbocycles. The van der Waals surface area contributed by atoms with Crippen molar-refractivity contribution in [1.29, 1.82) is 0 Å². The highest BCUT2D eigenvalue weighted by Crippen LogP contribution is 2.40. The summed E-state index contributed by atoms with van der Waals surface area (Å²) < 4.78 is 10.8. The summed E-state index contributed by atoms with van der Waals surface area (Å²) in [5, 5.41) is 11.7. The molecule has 0 aliphatic carbocycles. The first kappa shape index (κ1) is 21.4. The van der Waals surface area contributed by atoms with Gasteiger partial charge in [-0.25, -0.2) is 0 Å². The van der Waals surface area contributed by atoms with Crippen LogP contribution in [0, 0.1) is 0 Å². The summed E-state index contributed by atoms with van der Waals surface area (Å²) in [6.45, 7) is 2.77. The van der Waals surface area contributed by atoms with E-state index in [4.69, 9.17) is 21.1 Å². The van der Waals surface area contributed by atoms with Gasteiger partial charge in [-0.1, -0.05) is 23.7 Å². The molecular formula is C24H24ClNO5. The van der Waals surface area contributed by atoms with E-state index in [1.54, 1.807) is 43.5 Å². The van der Waals surface area contributed by atoms with E-state index in [0.29, 0.717) is 35.7 Å². The molecule has 2 atom stereocenters. The van der Waals surface area contributed by atoms with Gasteiger partial charge in [0.15, 0.2) is 0 Å². The Morgan fingerprint density at radius 1 is 1.23 bits per heavy atom. The van der Waals surface area contributed by atoms with Gasteiger partial charge in [-0.3, -0.25) is 9.59 Å². The number of carbonyl (C=O) groups excluding carboxylic acids is 2. The molecule has 2 unspecified atom stereocenters. The van der Waals surface area contributed by atoms with Crippen molar-refractivity contribution >= 4 is 29.1 Å². The van der Waals surface area contributed by atoms with Gasteiger partial charge in [0.2, 0.25) is 0 Å². The molecule has 2 aromatic rings. The van der Waals surface area contributed by atoms with Crippen molar-refractivity contribution in [2.75, 3.05) is 20.3 Å². The van der Waals surface area contributed by atoms with Gasteiger partial charge in [0.05, 0.1) is 11.6 Å². The molecule has 4 rings (SSSR count). The molecule has 0 radical (unpaired) electrons. The van der Waals surface area contributed by atoms with Gasteiger partial charge in [0.25, 0.3) is 11.7 Å². The predicted octanol–water partition coefficient (Wildman–Crippen LogP) is 4.12. The number of benzene rings is 2. The number of hydrogen-bond acceptors (Lipinski definition) is 5. The Labute approximate surface area is 186 Å². The minimum absolute atomic E-state index is 0.0628. The number of hydrogen-bond donors (Lipinski definition) is 1. The molecule has 7 heteroatoms. The van der Waals surface area contributed by atoms with Crippen LogP contribution in [0.5, 0.6) is 5.75 Å².